The van der Waals surface area contributed by atoms with Crippen LogP contribution in [0.3, 0.4) is 0 Å². The van der Waals surface area contributed by atoms with Gasteiger partial charge in [0.25, 0.3) is 0 Å². The zero-order valence-electron chi connectivity index (χ0n) is 10.7. The van der Waals surface area contributed by atoms with E-state index in [1.54, 1.807) is 0 Å². The lowest BCUT2D eigenvalue weighted by molar-refractivity contribution is 0.340. The minimum atomic E-state index is -0.942. The molecule has 0 radical (unpaired) electrons. The molecule has 6 heteroatoms. The highest BCUT2D eigenvalue weighted by molar-refractivity contribution is 5.54. The van der Waals surface area contributed by atoms with E-state index in [0.29, 0.717) is 11.5 Å². The Hall–Kier alpha value is -1.82. The second-order valence-corrected chi connectivity index (χ2v) is 4.45. The van der Waals surface area contributed by atoms with Gasteiger partial charge in [-0.1, -0.05) is 19.0 Å². The molecule has 2 N–H and O–H groups in total. The molecule has 2 atom stereocenters. The maximum absolute atomic E-state index is 13.1. The number of hydrogen-bond donors (Lipinski definition) is 1. The molecule has 102 valence electrons. The lowest BCUT2D eigenvalue weighted by Gasteiger charge is -2.13. The summed E-state index contributed by atoms with van der Waals surface area (Å²) in [4.78, 5) is 4.17. The molecular formula is C13H15F2N3O. The zero-order chi connectivity index (χ0) is 14.0. The normalized spacial score (nSPS) is 14.4. The SMILES string of the molecule is CCC(N)C(C)c1nc(-c2ccc(F)c(F)c2)no1. The Bertz CT molecular complexity index is 571. The first-order chi connectivity index (χ1) is 9.02. The van der Waals surface area contributed by atoms with Crippen molar-refractivity contribution in [1.82, 2.24) is 10.1 Å². The highest BCUT2D eigenvalue weighted by atomic mass is 19.2. The van der Waals surface area contributed by atoms with E-state index in [0.717, 1.165) is 18.6 Å². The molecule has 1 heterocycles. The highest BCUT2D eigenvalue weighted by Gasteiger charge is 2.20. The third-order valence-electron chi connectivity index (χ3n) is 3.12. The Kier molecular flexibility index (Phi) is 3.90. The summed E-state index contributed by atoms with van der Waals surface area (Å²) < 4.78 is 31.1. The van der Waals surface area contributed by atoms with Gasteiger partial charge in [0, 0.05) is 11.6 Å². The maximum atomic E-state index is 13.1. The molecule has 2 aromatic rings. The predicted molar refractivity (Wildman–Crippen MR) is 66.3 cm³/mol. The third-order valence-corrected chi connectivity index (χ3v) is 3.12. The first-order valence-electron chi connectivity index (χ1n) is 6.07. The number of rotatable bonds is 4. The van der Waals surface area contributed by atoms with Crippen LogP contribution in [-0.4, -0.2) is 16.2 Å². The van der Waals surface area contributed by atoms with Crippen LogP contribution in [0.5, 0.6) is 0 Å². The summed E-state index contributed by atoms with van der Waals surface area (Å²) in [6.45, 7) is 3.85. The fraction of sp³-hybridized carbons (Fsp3) is 0.385. The van der Waals surface area contributed by atoms with Crippen molar-refractivity contribution in [3.8, 4) is 11.4 Å². The number of halogens is 2. The van der Waals surface area contributed by atoms with E-state index in [-0.39, 0.29) is 17.8 Å². The van der Waals surface area contributed by atoms with Crippen molar-refractivity contribution in [2.45, 2.75) is 32.2 Å². The molecule has 2 unspecified atom stereocenters. The molecule has 19 heavy (non-hydrogen) atoms. The molecule has 0 bridgehead atoms. The van der Waals surface area contributed by atoms with Crippen LogP contribution in [0.15, 0.2) is 22.7 Å². The van der Waals surface area contributed by atoms with Crippen LogP contribution >= 0.6 is 0 Å². The van der Waals surface area contributed by atoms with Gasteiger partial charge in [-0.05, 0) is 24.6 Å². The molecular weight excluding hydrogens is 252 g/mol. The Morgan fingerprint density at radius 2 is 2.05 bits per heavy atom. The Labute approximate surface area is 109 Å². The van der Waals surface area contributed by atoms with Crippen LogP contribution in [0.2, 0.25) is 0 Å². The lowest BCUT2D eigenvalue weighted by atomic mass is 10.0. The van der Waals surface area contributed by atoms with Crippen molar-refractivity contribution in [1.29, 1.82) is 0 Å². The van der Waals surface area contributed by atoms with Gasteiger partial charge in [-0.25, -0.2) is 8.78 Å². The van der Waals surface area contributed by atoms with Crippen molar-refractivity contribution in [3.63, 3.8) is 0 Å². The Balaban J connectivity index is 2.27. The summed E-state index contributed by atoms with van der Waals surface area (Å²) in [5.41, 5.74) is 6.27. The van der Waals surface area contributed by atoms with Gasteiger partial charge in [-0.2, -0.15) is 4.98 Å². The summed E-state index contributed by atoms with van der Waals surface area (Å²) in [7, 11) is 0. The number of aromatic nitrogens is 2. The first-order valence-corrected chi connectivity index (χ1v) is 6.07. The van der Waals surface area contributed by atoms with Gasteiger partial charge in [0.1, 0.15) is 0 Å². The second kappa shape index (κ2) is 5.44. The molecule has 0 fully saturated rings. The van der Waals surface area contributed by atoms with E-state index in [2.05, 4.69) is 10.1 Å². The molecule has 4 nitrogen and oxygen atoms in total. The molecule has 0 saturated carbocycles. The molecule has 2 rings (SSSR count). The maximum Gasteiger partial charge on any atom is 0.231 e. The second-order valence-electron chi connectivity index (χ2n) is 4.45. The van der Waals surface area contributed by atoms with Crippen LogP contribution in [0.1, 0.15) is 32.1 Å². The van der Waals surface area contributed by atoms with Crippen molar-refractivity contribution in [3.05, 3.63) is 35.7 Å². The molecule has 1 aromatic heterocycles. The molecule has 0 aliphatic rings. The molecule has 0 spiro atoms. The number of hydrogen-bond acceptors (Lipinski definition) is 4. The summed E-state index contributed by atoms with van der Waals surface area (Å²) in [5.74, 6) is -1.31. The van der Waals surface area contributed by atoms with Gasteiger partial charge < -0.3 is 10.3 Å². The number of nitrogens with two attached hydrogens (primary N) is 1. The van der Waals surface area contributed by atoms with Crippen molar-refractivity contribution >= 4 is 0 Å². The molecule has 0 saturated heterocycles. The molecule has 1 aromatic carbocycles. The lowest BCUT2D eigenvalue weighted by Crippen LogP contribution is -2.25. The average Bonchev–Trinajstić information content (AvgIpc) is 2.89. The van der Waals surface area contributed by atoms with Crippen LogP contribution in [0.25, 0.3) is 11.4 Å². The third kappa shape index (κ3) is 2.78. The van der Waals surface area contributed by atoms with Crippen molar-refractivity contribution in [2.75, 3.05) is 0 Å². The van der Waals surface area contributed by atoms with Gasteiger partial charge in [0.2, 0.25) is 11.7 Å². The fourth-order valence-electron chi connectivity index (χ4n) is 1.71. The molecule has 0 amide bonds. The minimum absolute atomic E-state index is 0.0850. The van der Waals surface area contributed by atoms with Gasteiger partial charge >= 0.3 is 0 Å². The van der Waals surface area contributed by atoms with E-state index < -0.39 is 11.6 Å². The summed E-state index contributed by atoms with van der Waals surface area (Å²) >= 11 is 0. The topological polar surface area (TPSA) is 64.9 Å². The van der Waals surface area contributed by atoms with E-state index in [9.17, 15) is 8.78 Å². The van der Waals surface area contributed by atoms with Gasteiger partial charge in [0.15, 0.2) is 11.6 Å². The van der Waals surface area contributed by atoms with Gasteiger partial charge in [-0.3, -0.25) is 0 Å². The standard InChI is InChI=1S/C13H15F2N3O/c1-3-11(16)7(2)13-17-12(18-19-13)8-4-5-9(14)10(15)6-8/h4-7,11H,3,16H2,1-2H3. The predicted octanol–water partition coefficient (Wildman–Crippen LogP) is 2.86. The quantitative estimate of drug-likeness (QED) is 0.925. The summed E-state index contributed by atoms with van der Waals surface area (Å²) in [5, 5.41) is 3.76. The van der Waals surface area contributed by atoms with Gasteiger partial charge in [0.05, 0.1) is 5.92 Å². The van der Waals surface area contributed by atoms with E-state index in [1.165, 1.54) is 6.07 Å². The Morgan fingerprint density at radius 1 is 1.32 bits per heavy atom. The van der Waals surface area contributed by atoms with Gasteiger partial charge in [-0.15, -0.1) is 0 Å². The smallest absolute Gasteiger partial charge is 0.231 e. The largest absolute Gasteiger partial charge is 0.339 e. The molecule has 0 aliphatic heterocycles. The van der Waals surface area contributed by atoms with Crippen LogP contribution in [0, 0.1) is 11.6 Å². The van der Waals surface area contributed by atoms with Crippen LogP contribution in [-0.2, 0) is 0 Å². The zero-order valence-corrected chi connectivity index (χ0v) is 10.7. The van der Waals surface area contributed by atoms with Crippen LogP contribution in [0.4, 0.5) is 8.78 Å². The van der Waals surface area contributed by atoms with E-state index in [1.807, 2.05) is 13.8 Å². The summed E-state index contributed by atoms with van der Waals surface area (Å²) in [6, 6.07) is 3.38. The first kappa shape index (κ1) is 13.6. The minimum Gasteiger partial charge on any atom is -0.339 e. The molecule has 0 aliphatic carbocycles. The summed E-state index contributed by atoms with van der Waals surface area (Å²) in [6.07, 6.45) is 0.782. The fourth-order valence-corrected chi connectivity index (χ4v) is 1.71. The Morgan fingerprint density at radius 3 is 2.68 bits per heavy atom. The van der Waals surface area contributed by atoms with E-state index >= 15 is 0 Å². The van der Waals surface area contributed by atoms with Crippen LogP contribution < -0.4 is 5.73 Å². The number of nitrogens with zero attached hydrogens (tertiary/aromatic N) is 2. The monoisotopic (exact) mass is 267 g/mol. The average molecular weight is 267 g/mol. The highest BCUT2D eigenvalue weighted by Crippen LogP contribution is 2.23. The van der Waals surface area contributed by atoms with Crippen molar-refractivity contribution < 1.29 is 13.3 Å². The number of benzene rings is 1. The van der Waals surface area contributed by atoms with E-state index in [4.69, 9.17) is 10.3 Å². The van der Waals surface area contributed by atoms with Crippen molar-refractivity contribution in [2.24, 2.45) is 5.73 Å².